The molecule has 1 rings (SSSR count). The highest BCUT2D eigenvalue weighted by Gasteiger charge is 2.30. The molecular weight excluding hydrogens is 203 g/mol. The summed E-state index contributed by atoms with van der Waals surface area (Å²) in [5, 5.41) is 8.20. The van der Waals surface area contributed by atoms with Gasteiger partial charge in [0.1, 0.15) is 0 Å². The summed E-state index contributed by atoms with van der Waals surface area (Å²) < 4.78 is 36.8. The van der Waals surface area contributed by atoms with E-state index in [1.807, 2.05) is 0 Å². The van der Waals surface area contributed by atoms with E-state index in [0.717, 1.165) is 12.1 Å². The fraction of sp³-hybridized carbons (Fsp3) is 0.182. The highest BCUT2D eigenvalue weighted by atomic mass is 19.4. The van der Waals surface area contributed by atoms with Crippen LogP contribution in [0.15, 0.2) is 24.3 Å². The van der Waals surface area contributed by atoms with Crippen molar-refractivity contribution in [2.75, 3.05) is 0 Å². The van der Waals surface area contributed by atoms with E-state index in [1.165, 1.54) is 12.1 Å². The third-order valence-electron chi connectivity index (χ3n) is 1.59. The van der Waals surface area contributed by atoms with Gasteiger partial charge in [-0.15, -0.1) is 0 Å². The van der Waals surface area contributed by atoms with Gasteiger partial charge in [0.05, 0.1) is 18.1 Å². The van der Waals surface area contributed by atoms with Crippen molar-refractivity contribution >= 4 is 0 Å². The number of nitrogens with zero attached hydrogens (tertiary/aromatic N) is 1. The molecule has 4 heteroatoms. The van der Waals surface area contributed by atoms with E-state index in [4.69, 9.17) is 5.26 Å². The quantitative estimate of drug-likeness (QED) is 0.602. The molecule has 0 unspecified atom stereocenters. The van der Waals surface area contributed by atoms with E-state index in [-0.39, 0.29) is 12.0 Å². The molecule has 0 aliphatic heterocycles. The summed E-state index contributed by atoms with van der Waals surface area (Å²) in [6.45, 7) is 0. The van der Waals surface area contributed by atoms with E-state index in [1.54, 1.807) is 6.07 Å². The van der Waals surface area contributed by atoms with E-state index in [2.05, 4.69) is 11.8 Å². The van der Waals surface area contributed by atoms with Crippen LogP contribution in [-0.2, 0) is 6.18 Å². The Balaban J connectivity index is 2.96. The van der Waals surface area contributed by atoms with Crippen molar-refractivity contribution < 1.29 is 13.2 Å². The largest absolute Gasteiger partial charge is 0.416 e. The molecule has 1 aromatic carbocycles. The fourth-order valence-electron chi connectivity index (χ4n) is 0.959. The van der Waals surface area contributed by atoms with E-state index < -0.39 is 11.7 Å². The lowest BCUT2D eigenvalue weighted by Gasteiger charge is -2.05. The number of rotatable bonds is 0. The Hall–Kier alpha value is -1.94. The lowest BCUT2D eigenvalue weighted by atomic mass is 10.1. The molecule has 1 nitrogen and oxygen atoms in total. The van der Waals surface area contributed by atoms with Gasteiger partial charge in [-0.2, -0.15) is 18.4 Å². The van der Waals surface area contributed by atoms with Crippen molar-refractivity contribution in [2.24, 2.45) is 0 Å². The third kappa shape index (κ3) is 3.36. The van der Waals surface area contributed by atoms with Crippen molar-refractivity contribution in [1.29, 1.82) is 5.26 Å². The second-order valence-electron chi connectivity index (χ2n) is 2.72. The predicted octanol–water partition coefficient (Wildman–Crippen LogP) is 2.97. The van der Waals surface area contributed by atoms with Crippen LogP contribution in [0.2, 0.25) is 0 Å². The monoisotopic (exact) mass is 209 g/mol. The first kappa shape index (κ1) is 11.1. The highest BCUT2D eigenvalue weighted by molar-refractivity contribution is 5.38. The molecule has 0 aromatic heterocycles. The van der Waals surface area contributed by atoms with Crippen molar-refractivity contribution in [2.45, 2.75) is 12.6 Å². The van der Waals surface area contributed by atoms with Crippen LogP contribution in [0, 0.1) is 23.2 Å². The molecule has 0 radical (unpaired) electrons. The van der Waals surface area contributed by atoms with Gasteiger partial charge in [-0.05, 0) is 18.2 Å². The molecule has 0 aliphatic rings. The van der Waals surface area contributed by atoms with E-state index in [0.29, 0.717) is 0 Å². The zero-order chi connectivity index (χ0) is 11.3. The second kappa shape index (κ2) is 4.52. The van der Waals surface area contributed by atoms with E-state index >= 15 is 0 Å². The van der Waals surface area contributed by atoms with Crippen molar-refractivity contribution in [3.63, 3.8) is 0 Å². The van der Waals surface area contributed by atoms with Crippen LogP contribution >= 0.6 is 0 Å². The molecule has 15 heavy (non-hydrogen) atoms. The Kier molecular flexibility index (Phi) is 3.36. The fourth-order valence-corrected chi connectivity index (χ4v) is 0.959. The number of alkyl halides is 3. The lowest BCUT2D eigenvalue weighted by Crippen LogP contribution is -2.04. The van der Waals surface area contributed by atoms with Gasteiger partial charge in [0, 0.05) is 5.56 Å². The molecule has 0 atom stereocenters. The molecule has 0 bridgehead atoms. The smallest absolute Gasteiger partial charge is 0.197 e. The van der Waals surface area contributed by atoms with Gasteiger partial charge >= 0.3 is 6.18 Å². The van der Waals surface area contributed by atoms with Gasteiger partial charge in [0.15, 0.2) is 0 Å². The van der Waals surface area contributed by atoms with Gasteiger partial charge < -0.3 is 0 Å². The Labute approximate surface area is 85.1 Å². The molecule has 0 saturated heterocycles. The Morgan fingerprint density at radius 2 is 2.00 bits per heavy atom. The maximum absolute atomic E-state index is 12.3. The average molecular weight is 209 g/mol. The van der Waals surface area contributed by atoms with Crippen LogP contribution in [0.25, 0.3) is 0 Å². The minimum Gasteiger partial charge on any atom is -0.197 e. The Morgan fingerprint density at radius 1 is 1.27 bits per heavy atom. The maximum atomic E-state index is 12.3. The minimum absolute atomic E-state index is 0.0102. The topological polar surface area (TPSA) is 23.8 Å². The minimum atomic E-state index is -4.35. The molecule has 0 N–H and O–H groups in total. The molecule has 0 saturated carbocycles. The summed E-state index contributed by atoms with van der Waals surface area (Å²) in [6, 6.07) is 6.49. The van der Waals surface area contributed by atoms with Crippen molar-refractivity contribution in [3.05, 3.63) is 35.4 Å². The molecular formula is C11H6F3N. The zero-order valence-electron chi connectivity index (χ0n) is 7.60. The third-order valence-corrected chi connectivity index (χ3v) is 1.59. The van der Waals surface area contributed by atoms with Gasteiger partial charge in [0.25, 0.3) is 0 Å². The van der Waals surface area contributed by atoms with Gasteiger partial charge in [-0.3, -0.25) is 0 Å². The van der Waals surface area contributed by atoms with Crippen LogP contribution in [-0.4, -0.2) is 0 Å². The molecule has 0 aliphatic carbocycles. The van der Waals surface area contributed by atoms with Crippen LogP contribution in [0.3, 0.4) is 0 Å². The van der Waals surface area contributed by atoms with Crippen LogP contribution in [0.4, 0.5) is 13.2 Å². The highest BCUT2D eigenvalue weighted by Crippen LogP contribution is 2.29. The molecule has 1 aromatic rings. The number of hydrogen-bond donors (Lipinski definition) is 0. The summed E-state index contributed by atoms with van der Waals surface area (Å²) in [4.78, 5) is 0. The Morgan fingerprint density at radius 3 is 2.60 bits per heavy atom. The van der Waals surface area contributed by atoms with E-state index in [9.17, 15) is 13.2 Å². The summed E-state index contributed by atoms with van der Waals surface area (Å²) in [5.41, 5.74) is -0.466. The van der Waals surface area contributed by atoms with Crippen molar-refractivity contribution in [1.82, 2.24) is 0 Å². The van der Waals surface area contributed by atoms with Crippen LogP contribution < -0.4 is 0 Å². The van der Waals surface area contributed by atoms with Crippen molar-refractivity contribution in [3.8, 4) is 17.9 Å². The van der Waals surface area contributed by atoms with Crippen LogP contribution in [0.1, 0.15) is 17.5 Å². The number of nitriles is 1. The normalized spacial score (nSPS) is 10.0. The maximum Gasteiger partial charge on any atom is 0.416 e. The SMILES string of the molecule is N#CCC#Cc1cccc(C(F)(F)F)c1. The summed E-state index contributed by atoms with van der Waals surface area (Å²) in [5.74, 6) is 4.94. The number of halogens is 3. The van der Waals surface area contributed by atoms with Gasteiger partial charge in [-0.25, -0.2) is 0 Å². The standard InChI is InChI=1S/C11H6F3N/c12-11(13,14)10-6-3-5-9(8-10)4-1-2-7-15/h3,5-6,8H,2H2. The lowest BCUT2D eigenvalue weighted by molar-refractivity contribution is -0.137. The van der Waals surface area contributed by atoms with Gasteiger partial charge in [0.2, 0.25) is 0 Å². The predicted molar refractivity (Wildman–Crippen MR) is 48.6 cm³/mol. The zero-order valence-corrected chi connectivity index (χ0v) is 7.60. The molecule has 0 fully saturated rings. The molecule has 76 valence electrons. The first-order chi connectivity index (χ1) is 7.04. The molecule has 0 heterocycles. The Bertz CT molecular complexity index is 443. The molecule has 0 amide bonds. The average Bonchev–Trinajstić information content (AvgIpc) is 2.17. The second-order valence-corrected chi connectivity index (χ2v) is 2.72. The van der Waals surface area contributed by atoms with Crippen LogP contribution in [0.5, 0.6) is 0 Å². The first-order valence-corrected chi connectivity index (χ1v) is 4.07. The molecule has 0 spiro atoms. The first-order valence-electron chi connectivity index (χ1n) is 4.07. The number of hydrogen-bond acceptors (Lipinski definition) is 1. The number of benzene rings is 1. The summed E-state index contributed by atoms with van der Waals surface area (Å²) >= 11 is 0. The summed E-state index contributed by atoms with van der Waals surface area (Å²) in [7, 11) is 0. The summed E-state index contributed by atoms with van der Waals surface area (Å²) in [6.07, 6.45) is -4.34. The van der Waals surface area contributed by atoms with Gasteiger partial charge in [-0.1, -0.05) is 17.9 Å².